The third kappa shape index (κ3) is 6.96. The number of ether oxygens (including phenoxy) is 1. The van der Waals surface area contributed by atoms with E-state index in [2.05, 4.69) is 21.2 Å². The molecule has 3 aromatic carbocycles. The molecule has 13 heteroatoms. The van der Waals surface area contributed by atoms with Crippen molar-refractivity contribution in [3.63, 3.8) is 0 Å². The fourth-order valence-electron chi connectivity index (χ4n) is 3.29. The zero-order valence-corrected chi connectivity index (χ0v) is 19.9. The molecule has 200 valence electrons. The zero-order valence-electron chi connectivity index (χ0n) is 18.3. The summed E-state index contributed by atoms with van der Waals surface area (Å²) in [4.78, 5) is 0. The van der Waals surface area contributed by atoms with Crippen LogP contribution in [0.15, 0.2) is 71.2 Å². The van der Waals surface area contributed by atoms with E-state index >= 15 is 0 Å². The minimum Gasteiger partial charge on any atom is -0.454 e. The molecular formula is C24H17BrF9NO2. The molecule has 3 nitrogen and oxygen atoms in total. The lowest BCUT2D eigenvalue weighted by molar-refractivity contribution is -0.289. The van der Waals surface area contributed by atoms with E-state index in [9.17, 15) is 44.6 Å². The molecule has 0 unspecified atom stereocenters. The van der Waals surface area contributed by atoms with Crippen LogP contribution in [0.2, 0.25) is 0 Å². The van der Waals surface area contributed by atoms with E-state index < -0.39 is 48.3 Å². The number of hydrogen-bond donors (Lipinski definition) is 2. The fraction of sp³-hybridized carbons (Fsp3) is 0.250. The highest BCUT2D eigenvalue weighted by Gasteiger charge is 2.58. The van der Waals surface area contributed by atoms with E-state index in [-0.39, 0.29) is 22.6 Å². The number of aliphatic hydroxyl groups is 1. The summed E-state index contributed by atoms with van der Waals surface area (Å²) >= 11 is 3.15. The highest BCUT2D eigenvalue weighted by Crippen LogP contribution is 2.44. The third-order valence-electron chi connectivity index (χ3n) is 5.14. The Hall–Kier alpha value is -2.77. The van der Waals surface area contributed by atoms with Crippen LogP contribution in [0.1, 0.15) is 22.7 Å². The van der Waals surface area contributed by atoms with Crippen molar-refractivity contribution in [1.82, 2.24) is 5.32 Å². The Balaban J connectivity index is 2.02. The monoisotopic (exact) mass is 601 g/mol. The van der Waals surface area contributed by atoms with E-state index in [4.69, 9.17) is 4.74 Å². The molecule has 0 heterocycles. The average Bonchev–Trinajstić information content (AvgIpc) is 2.80. The summed E-state index contributed by atoms with van der Waals surface area (Å²) in [6.07, 6.45) is -13.8. The van der Waals surface area contributed by atoms with Gasteiger partial charge in [0.2, 0.25) is 0 Å². The number of alkyl halides is 8. The van der Waals surface area contributed by atoms with E-state index in [1.54, 1.807) is 0 Å². The molecule has 3 aromatic rings. The molecule has 0 bridgehead atoms. The van der Waals surface area contributed by atoms with Crippen LogP contribution in [0.3, 0.4) is 0 Å². The summed E-state index contributed by atoms with van der Waals surface area (Å²) in [5.41, 5.74) is -1.60. The first-order chi connectivity index (χ1) is 17.1. The van der Waals surface area contributed by atoms with Crippen LogP contribution in [0.4, 0.5) is 39.5 Å². The maximum Gasteiger partial charge on any atom is 0.458 e. The molecule has 0 amide bonds. The predicted molar refractivity (Wildman–Crippen MR) is 119 cm³/mol. The van der Waals surface area contributed by atoms with Crippen molar-refractivity contribution in [2.45, 2.75) is 30.4 Å². The molecule has 0 aliphatic carbocycles. The molecule has 2 N–H and O–H groups in total. The molecule has 0 aromatic heterocycles. The second-order valence-corrected chi connectivity index (χ2v) is 8.76. The standard InChI is InChI=1S/C24H17BrF9NO2/c25-16-7-8-18(26)19(11-16)37-17-6-2-4-14(10-17)21(35-12-20(36)23(29,30)31)13-3-1-5-15(9-13)22(27,28)24(32,33)34/h1-11,20-21,35-36H,12H2/t20-,21-/m1/s1. The molecular weight excluding hydrogens is 585 g/mol. The summed E-state index contributed by atoms with van der Waals surface area (Å²) in [5.74, 6) is -6.19. The van der Waals surface area contributed by atoms with Crippen molar-refractivity contribution in [3.05, 3.63) is 93.7 Å². The number of rotatable bonds is 8. The average molecular weight is 602 g/mol. The first-order valence-electron chi connectivity index (χ1n) is 10.4. The van der Waals surface area contributed by atoms with Crippen molar-refractivity contribution in [2.75, 3.05) is 6.54 Å². The Morgan fingerprint density at radius 2 is 1.46 bits per heavy atom. The SMILES string of the molecule is O[C@H](CN[C@@H](c1cccc(Oc2cc(Br)ccc2F)c1)c1cccc(C(F)(F)C(F)(F)F)c1)C(F)(F)F. The molecule has 0 radical (unpaired) electrons. The summed E-state index contributed by atoms with van der Waals surface area (Å²) in [6.45, 7) is -1.11. The van der Waals surface area contributed by atoms with Crippen molar-refractivity contribution in [2.24, 2.45) is 0 Å². The zero-order chi connectivity index (χ0) is 27.6. The Morgan fingerprint density at radius 3 is 2.08 bits per heavy atom. The van der Waals surface area contributed by atoms with Crippen LogP contribution in [0, 0.1) is 5.82 Å². The highest BCUT2D eigenvalue weighted by molar-refractivity contribution is 9.10. The van der Waals surface area contributed by atoms with Crippen molar-refractivity contribution < 1.29 is 49.4 Å². The maximum absolute atomic E-state index is 14.1. The van der Waals surface area contributed by atoms with Crippen molar-refractivity contribution >= 4 is 15.9 Å². The van der Waals surface area contributed by atoms with Gasteiger partial charge in [0, 0.05) is 16.6 Å². The molecule has 2 atom stereocenters. The number of halogens is 10. The van der Waals surface area contributed by atoms with Gasteiger partial charge in [-0.25, -0.2) is 4.39 Å². The number of aliphatic hydroxyl groups excluding tert-OH is 1. The second-order valence-electron chi connectivity index (χ2n) is 7.85. The molecule has 0 aliphatic rings. The van der Waals surface area contributed by atoms with Crippen LogP contribution in [-0.2, 0) is 5.92 Å². The van der Waals surface area contributed by atoms with E-state index in [0.717, 1.165) is 18.2 Å². The molecule has 0 spiro atoms. The number of nitrogens with one attached hydrogen (secondary N) is 1. The minimum absolute atomic E-state index is 0.00514. The summed E-state index contributed by atoms with van der Waals surface area (Å²) < 4.78 is 125. The van der Waals surface area contributed by atoms with E-state index in [1.807, 2.05) is 0 Å². The smallest absolute Gasteiger partial charge is 0.454 e. The highest BCUT2D eigenvalue weighted by atomic mass is 79.9. The lowest BCUT2D eigenvalue weighted by Gasteiger charge is -2.25. The van der Waals surface area contributed by atoms with Crippen LogP contribution in [-0.4, -0.2) is 30.1 Å². The second kappa shape index (κ2) is 10.9. The molecule has 0 saturated heterocycles. The van der Waals surface area contributed by atoms with Crippen LogP contribution in [0.25, 0.3) is 0 Å². The minimum atomic E-state index is -5.91. The fourth-order valence-corrected chi connectivity index (χ4v) is 3.63. The summed E-state index contributed by atoms with van der Waals surface area (Å²) in [6, 6.07) is 10.8. The third-order valence-corrected chi connectivity index (χ3v) is 5.64. The number of benzene rings is 3. The quantitative estimate of drug-likeness (QED) is 0.261. The van der Waals surface area contributed by atoms with Gasteiger partial charge in [-0.3, -0.25) is 0 Å². The predicted octanol–water partition coefficient (Wildman–Crippen LogP) is 7.64. The lowest BCUT2D eigenvalue weighted by Crippen LogP contribution is -2.40. The Morgan fingerprint density at radius 1 is 0.838 bits per heavy atom. The topological polar surface area (TPSA) is 41.5 Å². The van der Waals surface area contributed by atoms with Gasteiger partial charge in [-0.1, -0.05) is 46.3 Å². The van der Waals surface area contributed by atoms with E-state index in [1.165, 1.54) is 36.4 Å². The van der Waals surface area contributed by atoms with Gasteiger partial charge in [-0.2, -0.15) is 35.1 Å². The van der Waals surface area contributed by atoms with Crippen LogP contribution in [0.5, 0.6) is 11.5 Å². The van der Waals surface area contributed by atoms with Crippen molar-refractivity contribution in [3.8, 4) is 11.5 Å². The Bertz CT molecular complexity index is 1230. The normalized spacial score (nSPS) is 14.4. The largest absolute Gasteiger partial charge is 0.458 e. The van der Waals surface area contributed by atoms with Gasteiger partial charge in [-0.05, 0) is 47.5 Å². The summed E-state index contributed by atoms with van der Waals surface area (Å²) in [7, 11) is 0. The molecule has 37 heavy (non-hydrogen) atoms. The van der Waals surface area contributed by atoms with Gasteiger partial charge in [-0.15, -0.1) is 0 Å². The molecule has 0 saturated carbocycles. The van der Waals surface area contributed by atoms with E-state index in [0.29, 0.717) is 16.6 Å². The van der Waals surface area contributed by atoms with Crippen molar-refractivity contribution in [1.29, 1.82) is 0 Å². The molecule has 0 aliphatic heterocycles. The van der Waals surface area contributed by atoms with Crippen LogP contribution >= 0.6 is 15.9 Å². The van der Waals surface area contributed by atoms with Gasteiger partial charge in [0.25, 0.3) is 0 Å². The number of hydrogen-bond acceptors (Lipinski definition) is 3. The Kier molecular flexibility index (Phi) is 8.50. The maximum atomic E-state index is 14.1. The van der Waals surface area contributed by atoms with Crippen LogP contribution < -0.4 is 10.1 Å². The first-order valence-corrected chi connectivity index (χ1v) is 11.1. The van der Waals surface area contributed by atoms with Gasteiger partial charge >= 0.3 is 18.3 Å². The molecule has 3 rings (SSSR count). The van der Waals surface area contributed by atoms with Gasteiger partial charge in [0.05, 0.1) is 6.04 Å². The lowest BCUT2D eigenvalue weighted by atomic mass is 9.95. The van der Waals surface area contributed by atoms with Gasteiger partial charge in [0.15, 0.2) is 17.7 Å². The van der Waals surface area contributed by atoms with Gasteiger partial charge in [0.1, 0.15) is 5.75 Å². The van der Waals surface area contributed by atoms with Gasteiger partial charge < -0.3 is 15.2 Å². The molecule has 0 fully saturated rings. The summed E-state index contributed by atoms with van der Waals surface area (Å²) in [5, 5.41) is 11.8. The first kappa shape index (κ1) is 28.8. The Labute approximate surface area is 213 Å².